The predicted molar refractivity (Wildman–Crippen MR) is 222 cm³/mol. The van der Waals surface area contributed by atoms with Gasteiger partial charge in [0.25, 0.3) is 11.1 Å². The molecule has 1 fully saturated rings. The maximum absolute atomic E-state index is 12.9. The van der Waals surface area contributed by atoms with Crippen molar-refractivity contribution in [3.63, 3.8) is 0 Å². The van der Waals surface area contributed by atoms with Crippen molar-refractivity contribution in [1.82, 2.24) is 24.0 Å². The van der Waals surface area contributed by atoms with Crippen LogP contribution in [0.2, 0.25) is 0 Å². The zero-order valence-corrected chi connectivity index (χ0v) is 32.9. The number of nitrogens with one attached hydrogen (secondary N) is 1. The molecule has 1 saturated heterocycles. The van der Waals surface area contributed by atoms with Crippen LogP contribution in [-0.4, -0.2) is 80.4 Å². The van der Waals surface area contributed by atoms with E-state index >= 15 is 0 Å². The molecule has 0 unspecified atom stereocenters. The van der Waals surface area contributed by atoms with E-state index in [0.717, 1.165) is 78.8 Å². The monoisotopic (exact) mass is 755 g/mol. The van der Waals surface area contributed by atoms with Crippen LogP contribution in [0.15, 0.2) is 101 Å². The second kappa shape index (κ2) is 16.8. The fourth-order valence-electron chi connectivity index (χ4n) is 7.55. The molecule has 11 nitrogen and oxygen atoms in total. The van der Waals surface area contributed by atoms with Crippen LogP contribution in [0.5, 0.6) is 23.0 Å². The van der Waals surface area contributed by atoms with Crippen LogP contribution in [0.25, 0.3) is 39.1 Å². The lowest BCUT2D eigenvalue weighted by Crippen LogP contribution is -2.27. The summed E-state index contributed by atoms with van der Waals surface area (Å²) in [5.74, 6) is 3.05. The Morgan fingerprint density at radius 2 is 1.32 bits per heavy atom. The number of hydrogen-bond acceptors (Lipinski definition) is 9. The van der Waals surface area contributed by atoms with Crippen LogP contribution in [-0.2, 0) is 0 Å². The average molecular weight is 756 g/mol. The molecule has 8 rings (SSSR count). The van der Waals surface area contributed by atoms with Crippen molar-refractivity contribution in [2.75, 3.05) is 61.7 Å². The van der Waals surface area contributed by atoms with Gasteiger partial charge in [0.1, 0.15) is 5.65 Å². The van der Waals surface area contributed by atoms with Crippen molar-refractivity contribution < 1.29 is 18.9 Å². The minimum absolute atomic E-state index is 0.0438. The van der Waals surface area contributed by atoms with Gasteiger partial charge in [-0.15, -0.1) is 0 Å². The first-order chi connectivity index (χ1) is 27.2. The topological polar surface area (TPSA) is 108 Å². The van der Waals surface area contributed by atoms with E-state index in [4.69, 9.17) is 23.9 Å². The molecular formula is C45H49N5O6. The highest BCUT2D eigenvalue weighted by Crippen LogP contribution is 2.34. The SMILES string of the molecule is COc1ccc(-c2cc(=O)n3cc(C4=CCN(C)CC4)ccc3c2)cc1OC.COc1ccc(-c2cc(=O)n3cc(C4CCNCC4)cc(C)c3n2)cc1OC. The number of likely N-dealkylation sites (N-methyl/N-ethyl adjacent to an activating group) is 1. The predicted octanol–water partition coefficient (Wildman–Crippen LogP) is 6.86. The van der Waals surface area contributed by atoms with E-state index in [-0.39, 0.29) is 11.1 Å². The van der Waals surface area contributed by atoms with Gasteiger partial charge in [-0.25, -0.2) is 4.98 Å². The largest absolute Gasteiger partial charge is 0.493 e. The van der Waals surface area contributed by atoms with E-state index in [0.29, 0.717) is 40.3 Å². The third-order valence-corrected chi connectivity index (χ3v) is 10.8. The zero-order valence-electron chi connectivity index (χ0n) is 32.9. The van der Waals surface area contributed by atoms with Gasteiger partial charge in [0.05, 0.1) is 34.1 Å². The highest BCUT2D eigenvalue weighted by atomic mass is 16.5. The maximum Gasteiger partial charge on any atom is 0.258 e. The molecule has 2 aliphatic rings. The lowest BCUT2D eigenvalue weighted by molar-refractivity contribution is 0.355. The second-order valence-electron chi connectivity index (χ2n) is 14.3. The van der Waals surface area contributed by atoms with E-state index in [2.05, 4.69) is 35.5 Å². The molecule has 6 aromatic rings. The highest BCUT2D eigenvalue weighted by Gasteiger charge is 2.18. The first-order valence-electron chi connectivity index (χ1n) is 18.9. The zero-order chi connectivity index (χ0) is 39.3. The summed E-state index contributed by atoms with van der Waals surface area (Å²) in [6, 6.07) is 22.8. The van der Waals surface area contributed by atoms with Crippen LogP contribution in [0.3, 0.4) is 0 Å². The first-order valence-corrected chi connectivity index (χ1v) is 18.9. The van der Waals surface area contributed by atoms with E-state index in [1.54, 1.807) is 49.4 Å². The fraction of sp³-hybridized carbons (Fsp3) is 0.311. The first kappa shape index (κ1) is 38.4. The number of methoxy groups -OCH3 is 4. The summed E-state index contributed by atoms with van der Waals surface area (Å²) in [5, 5.41) is 3.39. The van der Waals surface area contributed by atoms with E-state index < -0.39 is 0 Å². The molecule has 0 saturated carbocycles. The minimum Gasteiger partial charge on any atom is -0.493 e. The quantitative estimate of drug-likeness (QED) is 0.178. The summed E-state index contributed by atoms with van der Waals surface area (Å²) in [6.45, 7) is 6.04. The number of ether oxygens (including phenoxy) is 4. The van der Waals surface area contributed by atoms with Crippen molar-refractivity contribution >= 4 is 16.7 Å². The summed E-state index contributed by atoms with van der Waals surface area (Å²) in [5.41, 5.74) is 9.30. The highest BCUT2D eigenvalue weighted by molar-refractivity contribution is 5.73. The Labute approximate surface area is 326 Å². The molecule has 0 atom stereocenters. The Bertz CT molecular complexity index is 2530. The molecule has 2 aromatic carbocycles. The minimum atomic E-state index is -0.0753. The Morgan fingerprint density at radius 3 is 1.98 bits per heavy atom. The molecule has 4 aromatic heterocycles. The molecule has 0 amide bonds. The number of nitrogens with zero attached hydrogens (tertiary/aromatic N) is 4. The van der Waals surface area contributed by atoms with Crippen LogP contribution in [0.1, 0.15) is 41.9 Å². The van der Waals surface area contributed by atoms with Gasteiger partial charge < -0.3 is 29.2 Å². The molecule has 290 valence electrons. The van der Waals surface area contributed by atoms with Crippen molar-refractivity contribution in [2.24, 2.45) is 0 Å². The molecule has 0 aliphatic carbocycles. The lowest BCUT2D eigenvalue weighted by Gasteiger charge is -2.23. The number of piperidine rings is 1. The van der Waals surface area contributed by atoms with Gasteiger partial charge in [0.15, 0.2) is 23.0 Å². The number of aryl methyl sites for hydroxylation is 1. The van der Waals surface area contributed by atoms with Crippen molar-refractivity contribution in [3.05, 3.63) is 129 Å². The summed E-state index contributed by atoms with van der Waals surface area (Å²) >= 11 is 0. The van der Waals surface area contributed by atoms with Gasteiger partial charge in [-0.05, 0) is 128 Å². The van der Waals surface area contributed by atoms with E-state index in [1.807, 2.05) is 67.8 Å². The lowest BCUT2D eigenvalue weighted by atomic mass is 9.90. The Balaban J connectivity index is 0.000000172. The van der Waals surface area contributed by atoms with Gasteiger partial charge in [0, 0.05) is 48.7 Å². The Hall–Kier alpha value is -5.91. The van der Waals surface area contributed by atoms with E-state index in [9.17, 15) is 9.59 Å². The third-order valence-electron chi connectivity index (χ3n) is 10.8. The number of pyridine rings is 3. The Kier molecular flexibility index (Phi) is 11.5. The maximum atomic E-state index is 12.9. The number of aromatic nitrogens is 3. The van der Waals surface area contributed by atoms with Crippen LogP contribution < -0.4 is 35.4 Å². The van der Waals surface area contributed by atoms with Crippen LogP contribution in [0, 0.1) is 6.92 Å². The molecule has 1 N–H and O–H groups in total. The van der Waals surface area contributed by atoms with Gasteiger partial charge >= 0.3 is 0 Å². The van der Waals surface area contributed by atoms with Crippen LogP contribution >= 0.6 is 0 Å². The third kappa shape index (κ3) is 8.05. The second-order valence-corrected chi connectivity index (χ2v) is 14.3. The van der Waals surface area contributed by atoms with Gasteiger partial charge in [-0.1, -0.05) is 24.3 Å². The summed E-state index contributed by atoms with van der Waals surface area (Å²) in [4.78, 5) is 32.8. The normalized spacial score (nSPS) is 14.9. The van der Waals surface area contributed by atoms with Crippen molar-refractivity contribution in [3.8, 4) is 45.4 Å². The molecule has 0 bridgehead atoms. The summed E-state index contributed by atoms with van der Waals surface area (Å²) in [6.07, 6.45) is 9.35. The average Bonchev–Trinajstić information content (AvgIpc) is 3.24. The Morgan fingerprint density at radius 1 is 0.679 bits per heavy atom. The van der Waals surface area contributed by atoms with Gasteiger partial charge in [-0.3, -0.25) is 18.4 Å². The fourth-order valence-corrected chi connectivity index (χ4v) is 7.55. The van der Waals surface area contributed by atoms with Gasteiger partial charge in [-0.2, -0.15) is 0 Å². The summed E-state index contributed by atoms with van der Waals surface area (Å²) < 4.78 is 24.8. The summed E-state index contributed by atoms with van der Waals surface area (Å²) in [7, 11) is 8.53. The molecule has 0 spiro atoms. The molecule has 0 radical (unpaired) electrons. The van der Waals surface area contributed by atoms with Crippen molar-refractivity contribution in [1.29, 1.82) is 0 Å². The number of hydrogen-bond donors (Lipinski definition) is 1. The molecule has 11 heteroatoms. The van der Waals surface area contributed by atoms with Crippen molar-refractivity contribution in [2.45, 2.75) is 32.1 Å². The number of rotatable bonds is 8. The molecule has 6 heterocycles. The molecular weight excluding hydrogens is 707 g/mol. The number of fused-ring (bicyclic) bond motifs is 2. The smallest absolute Gasteiger partial charge is 0.258 e. The standard InChI is InChI=1S/C23H24N2O3.C22H25N3O3/c1-24-10-8-16(9-11-24)18-4-6-20-12-19(14-23(26)25(20)15-18)17-5-7-21(27-2)22(13-17)28-3;1-14-10-17(15-6-8-23-9-7-15)13-25-21(26)12-18(24-22(14)25)16-4-5-19(27-2)20(11-16)28-3/h4-8,12-15H,9-11H2,1-3H3;4-5,10-13,15,23H,6-9H2,1-3H3. The number of benzene rings is 2. The molecule has 56 heavy (non-hydrogen) atoms. The molecule has 2 aliphatic heterocycles. The van der Waals surface area contributed by atoms with E-state index in [1.165, 1.54) is 11.1 Å². The van der Waals surface area contributed by atoms with Gasteiger partial charge in [0.2, 0.25) is 0 Å². The van der Waals surface area contributed by atoms with Crippen LogP contribution in [0.4, 0.5) is 0 Å².